The standard InChI is InChI=1S/C15H24N2O3S/c1-10(2)9-13-5-7-14(8-6-13)11(3)15(18)17-21(19,20)12(4)16/h5-8,10-12H,9,16H2,1-4H3,(H,17,18). The summed E-state index contributed by atoms with van der Waals surface area (Å²) in [5.41, 5.74) is 7.30. The Kier molecular flexibility index (Phi) is 5.92. The molecule has 0 aliphatic carbocycles. The van der Waals surface area contributed by atoms with Gasteiger partial charge in [-0.2, -0.15) is 0 Å². The van der Waals surface area contributed by atoms with Gasteiger partial charge in [0.1, 0.15) is 5.37 Å². The number of sulfonamides is 1. The number of carbonyl (C=O) groups excluding carboxylic acids is 1. The number of hydrogen-bond acceptors (Lipinski definition) is 4. The van der Waals surface area contributed by atoms with Crippen LogP contribution in [0, 0.1) is 5.92 Å². The van der Waals surface area contributed by atoms with Crippen molar-refractivity contribution in [3.63, 3.8) is 0 Å². The first-order valence-corrected chi connectivity index (χ1v) is 8.58. The summed E-state index contributed by atoms with van der Waals surface area (Å²) in [4.78, 5) is 12.0. The van der Waals surface area contributed by atoms with Crippen molar-refractivity contribution in [1.82, 2.24) is 4.72 Å². The molecule has 1 aromatic carbocycles. The highest BCUT2D eigenvalue weighted by Gasteiger charge is 2.23. The summed E-state index contributed by atoms with van der Waals surface area (Å²) in [5, 5.41) is -1.12. The Morgan fingerprint density at radius 1 is 1.14 bits per heavy atom. The molecule has 6 heteroatoms. The van der Waals surface area contributed by atoms with Crippen LogP contribution >= 0.6 is 0 Å². The molecule has 0 saturated heterocycles. The van der Waals surface area contributed by atoms with Crippen LogP contribution in [-0.2, 0) is 21.2 Å². The highest BCUT2D eigenvalue weighted by molar-refractivity contribution is 7.90. The molecule has 3 N–H and O–H groups in total. The molecule has 1 aromatic rings. The molecule has 0 aliphatic heterocycles. The van der Waals surface area contributed by atoms with E-state index < -0.39 is 27.2 Å². The number of carbonyl (C=O) groups is 1. The maximum Gasteiger partial charge on any atom is 0.250 e. The Morgan fingerprint density at radius 2 is 1.67 bits per heavy atom. The highest BCUT2D eigenvalue weighted by Crippen LogP contribution is 2.18. The molecule has 0 aromatic heterocycles. The maximum absolute atomic E-state index is 12.0. The van der Waals surface area contributed by atoms with Gasteiger partial charge >= 0.3 is 0 Å². The van der Waals surface area contributed by atoms with E-state index >= 15 is 0 Å². The first-order chi connectivity index (χ1) is 9.63. The molecule has 2 unspecified atom stereocenters. The summed E-state index contributed by atoms with van der Waals surface area (Å²) >= 11 is 0. The van der Waals surface area contributed by atoms with Crippen molar-refractivity contribution in [3.8, 4) is 0 Å². The van der Waals surface area contributed by atoms with Crippen LogP contribution in [0.5, 0.6) is 0 Å². The highest BCUT2D eigenvalue weighted by atomic mass is 32.2. The van der Waals surface area contributed by atoms with Crippen molar-refractivity contribution < 1.29 is 13.2 Å². The van der Waals surface area contributed by atoms with Crippen LogP contribution in [0.4, 0.5) is 0 Å². The van der Waals surface area contributed by atoms with Gasteiger partial charge < -0.3 is 5.73 Å². The van der Waals surface area contributed by atoms with Gasteiger partial charge in [-0.1, -0.05) is 38.1 Å². The molecule has 0 bridgehead atoms. The molecule has 1 rings (SSSR count). The van der Waals surface area contributed by atoms with Gasteiger partial charge in [-0.25, -0.2) is 8.42 Å². The molecule has 5 nitrogen and oxygen atoms in total. The molecule has 118 valence electrons. The molecular formula is C15H24N2O3S. The molecule has 1 amide bonds. The number of hydrogen-bond donors (Lipinski definition) is 2. The van der Waals surface area contributed by atoms with E-state index in [0.717, 1.165) is 12.0 Å². The van der Waals surface area contributed by atoms with Gasteiger partial charge in [0.25, 0.3) is 0 Å². The van der Waals surface area contributed by atoms with Gasteiger partial charge in [0.2, 0.25) is 15.9 Å². The molecule has 0 saturated carbocycles. The molecule has 0 heterocycles. The quantitative estimate of drug-likeness (QED) is 0.837. The van der Waals surface area contributed by atoms with Crippen molar-refractivity contribution in [2.75, 3.05) is 0 Å². The van der Waals surface area contributed by atoms with E-state index in [4.69, 9.17) is 5.73 Å². The Morgan fingerprint density at radius 3 is 2.10 bits per heavy atom. The first-order valence-electron chi connectivity index (χ1n) is 7.03. The molecule has 2 atom stereocenters. The van der Waals surface area contributed by atoms with E-state index in [-0.39, 0.29) is 0 Å². The van der Waals surface area contributed by atoms with E-state index in [0.29, 0.717) is 5.92 Å². The van der Waals surface area contributed by atoms with Crippen molar-refractivity contribution in [1.29, 1.82) is 0 Å². The van der Waals surface area contributed by atoms with E-state index in [1.165, 1.54) is 12.5 Å². The zero-order valence-electron chi connectivity index (χ0n) is 13.0. The molecule has 21 heavy (non-hydrogen) atoms. The summed E-state index contributed by atoms with van der Waals surface area (Å²) in [6.45, 7) is 7.27. The van der Waals surface area contributed by atoms with E-state index in [1.807, 2.05) is 29.0 Å². The third-order valence-electron chi connectivity index (χ3n) is 3.25. The largest absolute Gasteiger partial charge is 0.314 e. The van der Waals surface area contributed by atoms with Crippen LogP contribution in [0.3, 0.4) is 0 Å². The Balaban J connectivity index is 2.79. The summed E-state index contributed by atoms with van der Waals surface area (Å²) in [6.07, 6.45) is 0.972. The Hall–Kier alpha value is -1.40. The molecule has 0 fully saturated rings. The van der Waals surface area contributed by atoms with Crippen LogP contribution in [0.25, 0.3) is 0 Å². The summed E-state index contributed by atoms with van der Waals surface area (Å²) < 4.78 is 25.2. The Labute approximate surface area is 127 Å². The Bertz CT molecular complexity index is 577. The topological polar surface area (TPSA) is 89.3 Å². The minimum Gasteiger partial charge on any atom is -0.314 e. The van der Waals surface area contributed by atoms with Crippen LogP contribution in [0.2, 0.25) is 0 Å². The average Bonchev–Trinajstić information content (AvgIpc) is 2.37. The SMILES string of the molecule is CC(C)Cc1ccc(C(C)C(=O)NS(=O)(=O)C(C)N)cc1. The lowest BCUT2D eigenvalue weighted by atomic mass is 9.96. The van der Waals surface area contributed by atoms with Gasteiger partial charge in [-0.15, -0.1) is 0 Å². The van der Waals surface area contributed by atoms with Gasteiger partial charge in [0.05, 0.1) is 5.92 Å². The summed E-state index contributed by atoms with van der Waals surface area (Å²) in [6, 6.07) is 7.67. The second kappa shape index (κ2) is 7.04. The molecule has 0 radical (unpaired) electrons. The second-order valence-electron chi connectivity index (χ2n) is 5.78. The van der Waals surface area contributed by atoms with E-state index in [9.17, 15) is 13.2 Å². The molecule has 0 spiro atoms. The monoisotopic (exact) mass is 312 g/mol. The van der Waals surface area contributed by atoms with Crippen LogP contribution in [0.1, 0.15) is 44.7 Å². The first kappa shape index (κ1) is 17.7. The minimum atomic E-state index is -3.80. The number of nitrogens with two attached hydrogens (primary N) is 1. The van der Waals surface area contributed by atoms with Crippen molar-refractivity contribution >= 4 is 15.9 Å². The van der Waals surface area contributed by atoms with Crippen LogP contribution in [0.15, 0.2) is 24.3 Å². The fraction of sp³-hybridized carbons (Fsp3) is 0.533. The van der Waals surface area contributed by atoms with Crippen molar-refractivity contribution in [2.45, 2.75) is 45.4 Å². The van der Waals surface area contributed by atoms with Crippen molar-refractivity contribution in [2.24, 2.45) is 11.7 Å². The number of nitrogens with one attached hydrogen (secondary N) is 1. The fourth-order valence-corrected chi connectivity index (χ4v) is 2.53. The van der Waals surface area contributed by atoms with Gasteiger partial charge in [-0.3, -0.25) is 9.52 Å². The number of amides is 1. The smallest absolute Gasteiger partial charge is 0.250 e. The van der Waals surface area contributed by atoms with Crippen LogP contribution in [-0.4, -0.2) is 19.7 Å². The normalized spacial score (nSPS) is 14.8. The zero-order valence-corrected chi connectivity index (χ0v) is 13.8. The zero-order chi connectivity index (χ0) is 16.2. The minimum absolute atomic E-state index is 0.549. The maximum atomic E-state index is 12.0. The summed E-state index contributed by atoms with van der Waals surface area (Å²) in [5.74, 6) is -0.553. The lowest BCUT2D eigenvalue weighted by molar-refractivity contribution is -0.120. The predicted octanol–water partition coefficient (Wildman–Crippen LogP) is 1.74. The lowest BCUT2D eigenvalue weighted by Gasteiger charge is -2.15. The second-order valence-corrected chi connectivity index (χ2v) is 7.82. The van der Waals surface area contributed by atoms with Gasteiger partial charge in [0.15, 0.2) is 0 Å². The fourth-order valence-electron chi connectivity index (χ4n) is 1.89. The lowest BCUT2D eigenvalue weighted by Crippen LogP contribution is -2.42. The molecule has 0 aliphatic rings. The predicted molar refractivity (Wildman–Crippen MR) is 84.1 cm³/mol. The molecular weight excluding hydrogens is 288 g/mol. The number of benzene rings is 1. The number of rotatable bonds is 6. The third-order valence-corrected chi connectivity index (χ3v) is 4.71. The van der Waals surface area contributed by atoms with Crippen LogP contribution < -0.4 is 10.5 Å². The van der Waals surface area contributed by atoms with Gasteiger partial charge in [-0.05, 0) is 37.3 Å². The van der Waals surface area contributed by atoms with E-state index in [1.54, 1.807) is 6.92 Å². The van der Waals surface area contributed by atoms with E-state index in [2.05, 4.69) is 13.8 Å². The van der Waals surface area contributed by atoms with Crippen molar-refractivity contribution in [3.05, 3.63) is 35.4 Å². The third kappa shape index (κ3) is 5.13. The average molecular weight is 312 g/mol. The van der Waals surface area contributed by atoms with Gasteiger partial charge in [0, 0.05) is 0 Å². The summed E-state index contributed by atoms with van der Waals surface area (Å²) in [7, 11) is -3.80.